The number of hydrogen-bond donors (Lipinski definition) is 0. The van der Waals surface area contributed by atoms with Gasteiger partial charge in [-0.2, -0.15) is 0 Å². The van der Waals surface area contributed by atoms with Crippen molar-refractivity contribution in [3.8, 4) is 22.3 Å². The zero-order valence-corrected chi connectivity index (χ0v) is 46.5. The topological polar surface area (TPSA) is 19.4 Å². The van der Waals surface area contributed by atoms with Crippen molar-refractivity contribution in [3.05, 3.63) is 306 Å². The fourth-order valence-corrected chi connectivity index (χ4v) is 13.1. The molecule has 0 atom stereocenters. The maximum absolute atomic E-state index is 4.91. The van der Waals surface area contributed by atoms with Gasteiger partial charge in [-0.1, -0.05) is 222 Å². The van der Waals surface area contributed by atoms with E-state index in [0.717, 1.165) is 50.9 Å². The van der Waals surface area contributed by atoms with Crippen molar-refractivity contribution in [2.45, 2.75) is 38.5 Å². The molecule has 0 unspecified atom stereocenters. The summed E-state index contributed by atoms with van der Waals surface area (Å²) in [6.07, 6.45) is 10.7. The van der Waals surface area contributed by atoms with Crippen LogP contribution in [0.25, 0.3) is 89.6 Å². The maximum Gasteiger partial charge on any atom is 0.0630 e. The van der Waals surface area contributed by atoms with Gasteiger partial charge in [-0.25, -0.2) is 0 Å². The van der Waals surface area contributed by atoms with E-state index in [9.17, 15) is 0 Å². The molecule has 3 nitrogen and oxygen atoms in total. The molecule has 12 aromatic carbocycles. The van der Waals surface area contributed by atoms with E-state index in [1.165, 1.54) is 93.2 Å². The Bertz CT molecular complexity index is 4310. The Hall–Kier alpha value is -10.1. The maximum atomic E-state index is 4.91. The lowest BCUT2D eigenvalue weighted by Crippen LogP contribution is -2.16. The molecule has 13 aromatic rings. The standard InChI is InChI=1S/C79H59N3/c1-78(2)74-43-52(25-39-70(74)72-41-37-68(49-76(72)78)81(64-33-27-55-13-5-9-17-59(55)45-64)65-34-28-56-14-6-10-18-60(56)46-65)21-22-54-24-32-63(80-51-54)31-23-53-26-40-71-73-42-38-69(50-77(73)79(3,4)75(71)44-53)82(66-35-29-57-15-7-11-19-61(57)47-66)67-36-30-58-16-8-12-20-62(58)48-67/h5-51H,1-4H3. The molecule has 0 radical (unpaired) electrons. The second-order valence-corrected chi connectivity index (χ2v) is 23.3. The van der Waals surface area contributed by atoms with Crippen LogP contribution < -0.4 is 9.80 Å². The lowest BCUT2D eigenvalue weighted by molar-refractivity contribution is 0.660. The van der Waals surface area contributed by atoms with Gasteiger partial charge in [0.15, 0.2) is 0 Å². The fraction of sp³-hybridized carbons (Fsp3) is 0.0759. The van der Waals surface area contributed by atoms with E-state index in [4.69, 9.17) is 4.98 Å². The Morgan fingerprint density at radius 3 is 0.927 bits per heavy atom. The number of fused-ring (bicyclic) bond motifs is 10. The Morgan fingerprint density at radius 2 is 0.561 bits per heavy atom. The largest absolute Gasteiger partial charge is 0.310 e. The molecular formula is C79H59N3. The van der Waals surface area contributed by atoms with Crippen molar-refractivity contribution in [2.24, 2.45) is 0 Å². The van der Waals surface area contributed by atoms with E-state index in [0.29, 0.717) is 0 Å². The predicted molar refractivity (Wildman–Crippen MR) is 349 cm³/mol. The summed E-state index contributed by atoms with van der Waals surface area (Å²) in [6, 6.07) is 93.9. The third-order valence-corrected chi connectivity index (χ3v) is 17.6. The van der Waals surface area contributed by atoms with Crippen molar-refractivity contribution in [1.29, 1.82) is 0 Å². The number of hydrogen-bond acceptors (Lipinski definition) is 3. The average molecular weight is 1050 g/mol. The van der Waals surface area contributed by atoms with Gasteiger partial charge in [0, 0.05) is 51.2 Å². The first-order valence-corrected chi connectivity index (χ1v) is 28.6. The van der Waals surface area contributed by atoms with Crippen LogP contribution in [-0.4, -0.2) is 4.98 Å². The highest BCUT2D eigenvalue weighted by atomic mass is 15.1. The lowest BCUT2D eigenvalue weighted by Gasteiger charge is -2.28. The number of anilines is 6. The number of aromatic nitrogens is 1. The molecule has 3 heteroatoms. The third kappa shape index (κ3) is 8.48. The Morgan fingerprint density at radius 1 is 0.268 bits per heavy atom. The highest BCUT2D eigenvalue weighted by Crippen LogP contribution is 2.53. The molecule has 15 rings (SSSR count). The Labute approximate surface area is 480 Å². The molecular weight excluding hydrogens is 991 g/mol. The molecule has 390 valence electrons. The van der Waals surface area contributed by atoms with Crippen molar-refractivity contribution < 1.29 is 0 Å². The quantitative estimate of drug-likeness (QED) is 0.136. The summed E-state index contributed by atoms with van der Waals surface area (Å²) in [6.45, 7) is 9.47. The molecule has 0 saturated heterocycles. The number of nitrogens with zero attached hydrogens (tertiary/aromatic N) is 3. The monoisotopic (exact) mass is 1050 g/mol. The second-order valence-electron chi connectivity index (χ2n) is 23.3. The van der Waals surface area contributed by atoms with Gasteiger partial charge in [-0.05, 0) is 189 Å². The zero-order chi connectivity index (χ0) is 55.1. The first-order chi connectivity index (χ1) is 40.1. The normalized spacial score (nSPS) is 13.7. The highest BCUT2D eigenvalue weighted by Gasteiger charge is 2.38. The third-order valence-electron chi connectivity index (χ3n) is 17.6. The predicted octanol–water partition coefficient (Wildman–Crippen LogP) is 21.6. The molecule has 0 amide bonds. The summed E-state index contributed by atoms with van der Waals surface area (Å²) < 4.78 is 0. The van der Waals surface area contributed by atoms with E-state index in [2.05, 4.69) is 317 Å². The molecule has 0 saturated carbocycles. The van der Waals surface area contributed by atoms with E-state index in [1.54, 1.807) is 0 Å². The van der Waals surface area contributed by atoms with Gasteiger partial charge in [-0.3, -0.25) is 4.98 Å². The Balaban J connectivity index is 0.666. The van der Waals surface area contributed by atoms with Gasteiger partial charge in [0.05, 0.1) is 5.69 Å². The summed E-state index contributed by atoms with van der Waals surface area (Å²) in [5.41, 5.74) is 21.2. The highest BCUT2D eigenvalue weighted by molar-refractivity contribution is 5.96. The molecule has 0 N–H and O–H groups in total. The SMILES string of the molecule is CC1(C)c2cc(C=Cc3ccc(C=Cc4ccc5c(c4)C(C)(C)c4cc(N(c6ccc7ccccc7c6)c6ccc7ccccc7c6)ccc4-5)nc3)ccc2-c2ccc(N(c3ccc4ccccc4c3)c3ccc4ccccc4c3)cc21. The number of benzene rings is 12. The van der Waals surface area contributed by atoms with Gasteiger partial charge >= 0.3 is 0 Å². The van der Waals surface area contributed by atoms with Crippen molar-refractivity contribution in [2.75, 3.05) is 9.80 Å². The van der Waals surface area contributed by atoms with Crippen LogP contribution in [0.4, 0.5) is 34.1 Å². The smallest absolute Gasteiger partial charge is 0.0630 e. The molecule has 2 aliphatic rings. The van der Waals surface area contributed by atoms with Gasteiger partial charge < -0.3 is 9.80 Å². The van der Waals surface area contributed by atoms with Gasteiger partial charge in [0.2, 0.25) is 0 Å². The summed E-state index contributed by atoms with van der Waals surface area (Å²) in [7, 11) is 0. The first kappa shape index (κ1) is 49.0. The minimum Gasteiger partial charge on any atom is -0.310 e. The molecule has 0 spiro atoms. The van der Waals surface area contributed by atoms with Crippen LogP contribution in [0.2, 0.25) is 0 Å². The van der Waals surface area contributed by atoms with E-state index in [-0.39, 0.29) is 10.8 Å². The van der Waals surface area contributed by atoms with E-state index < -0.39 is 0 Å². The van der Waals surface area contributed by atoms with Crippen LogP contribution in [0.5, 0.6) is 0 Å². The van der Waals surface area contributed by atoms with Gasteiger partial charge in [-0.15, -0.1) is 0 Å². The lowest BCUT2D eigenvalue weighted by atomic mass is 9.81. The van der Waals surface area contributed by atoms with Crippen molar-refractivity contribution in [3.63, 3.8) is 0 Å². The molecule has 2 aliphatic carbocycles. The molecule has 0 fully saturated rings. The minimum atomic E-state index is -0.211. The van der Waals surface area contributed by atoms with E-state index in [1.807, 2.05) is 6.20 Å². The molecule has 82 heavy (non-hydrogen) atoms. The van der Waals surface area contributed by atoms with Crippen LogP contribution in [0.15, 0.2) is 261 Å². The summed E-state index contributed by atoms with van der Waals surface area (Å²) in [5, 5.41) is 9.83. The van der Waals surface area contributed by atoms with Crippen LogP contribution in [-0.2, 0) is 10.8 Å². The van der Waals surface area contributed by atoms with Gasteiger partial charge in [0.1, 0.15) is 0 Å². The fourth-order valence-electron chi connectivity index (χ4n) is 13.1. The van der Waals surface area contributed by atoms with E-state index >= 15 is 0 Å². The van der Waals surface area contributed by atoms with Crippen LogP contribution in [0.1, 0.15) is 72.3 Å². The van der Waals surface area contributed by atoms with Gasteiger partial charge in [0.25, 0.3) is 0 Å². The zero-order valence-electron chi connectivity index (χ0n) is 46.5. The summed E-state index contributed by atoms with van der Waals surface area (Å²) >= 11 is 0. The molecule has 0 aliphatic heterocycles. The average Bonchev–Trinajstić information content (AvgIpc) is 3.60. The van der Waals surface area contributed by atoms with Crippen molar-refractivity contribution >= 4 is 102 Å². The molecule has 1 aromatic heterocycles. The summed E-state index contributed by atoms with van der Waals surface area (Å²) in [5.74, 6) is 0. The number of pyridine rings is 1. The molecule has 0 bridgehead atoms. The van der Waals surface area contributed by atoms with Crippen LogP contribution >= 0.6 is 0 Å². The number of rotatable bonds is 10. The summed E-state index contributed by atoms with van der Waals surface area (Å²) in [4.78, 5) is 9.73. The van der Waals surface area contributed by atoms with Crippen LogP contribution in [0, 0.1) is 0 Å². The molecule has 1 heterocycles. The minimum absolute atomic E-state index is 0.208. The van der Waals surface area contributed by atoms with Crippen LogP contribution in [0.3, 0.4) is 0 Å². The van der Waals surface area contributed by atoms with Crippen molar-refractivity contribution in [1.82, 2.24) is 4.98 Å². The Kier molecular flexibility index (Phi) is 11.5. The first-order valence-electron chi connectivity index (χ1n) is 28.6. The second kappa shape index (κ2) is 19.3.